The molecule has 242 valence electrons. The predicted molar refractivity (Wildman–Crippen MR) is 209 cm³/mol. The van der Waals surface area contributed by atoms with Crippen LogP contribution in [0.5, 0.6) is 0 Å². The van der Waals surface area contributed by atoms with E-state index in [-0.39, 0.29) is 5.82 Å². The normalized spacial score (nSPS) is 11.6. The number of hydrogen-bond acceptors (Lipinski definition) is 3. The minimum Gasteiger partial charge on any atom is -0.278 e. The van der Waals surface area contributed by atoms with Gasteiger partial charge in [0, 0.05) is 21.9 Å². The van der Waals surface area contributed by atoms with E-state index in [1.807, 2.05) is 30.3 Å². The van der Waals surface area contributed by atoms with Gasteiger partial charge in [-0.15, -0.1) is 0 Å². The highest BCUT2D eigenvalue weighted by Crippen LogP contribution is 2.32. The summed E-state index contributed by atoms with van der Waals surface area (Å²) in [6.45, 7) is 0. The molecule has 9 aromatic rings. The Hall–Kier alpha value is -6.50. The lowest BCUT2D eigenvalue weighted by Crippen LogP contribution is -2.74. The zero-order valence-electron chi connectivity index (χ0n) is 27.6. The second-order valence-electron chi connectivity index (χ2n) is 12.6. The van der Waals surface area contributed by atoms with Gasteiger partial charge in [-0.2, -0.15) is 9.97 Å². The maximum atomic E-state index is 14.7. The van der Waals surface area contributed by atoms with Crippen molar-refractivity contribution in [2.75, 3.05) is 0 Å². The Morgan fingerprint density at radius 1 is 0.392 bits per heavy atom. The number of para-hydroxylation sites is 2. The molecule has 0 unspecified atom stereocenters. The minimum absolute atomic E-state index is 0.348. The largest absolute Gasteiger partial charge is 0.278 e. The highest BCUT2D eigenvalue weighted by atomic mass is 28.3. The van der Waals surface area contributed by atoms with Crippen molar-refractivity contribution < 1.29 is 4.39 Å². The van der Waals surface area contributed by atoms with Crippen molar-refractivity contribution in [3.63, 3.8) is 0 Å². The topological polar surface area (TPSA) is 43.6 Å². The van der Waals surface area contributed by atoms with Crippen LogP contribution >= 0.6 is 0 Å². The third kappa shape index (κ3) is 5.25. The summed E-state index contributed by atoms with van der Waals surface area (Å²) in [5.74, 6) is 1.04. The van der Waals surface area contributed by atoms with E-state index in [0.717, 1.165) is 27.4 Å². The van der Waals surface area contributed by atoms with Crippen molar-refractivity contribution in [2.45, 2.75) is 0 Å². The zero-order valence-corrected chi connectivity index (χ0v) is 28.6. The first-order valence-corrected chi connectivity index (χ1v) is 19.0. The van der Waals surface area contributed by atoms with Gasteiger partial charge in [0.15, 0.2) is 19.7 Å². The SMILES string of the molecule is Fc1cccc(-c2nc(-c3cccc([Si](c4ccccc4)(c4ccccc4)c4ccccc4)c3)nc(-n3c4ccccc4c4ccccc43)n2)c1. The fraction of sp³-hybridized carbons (Fsp3) is 0. The van der Waals surface area contributed by atoms with Crippen molar-refractivity contribution in [1.82, 2.24) is 19.5 Å². The summed E-state index contributed by atoms with van der Waals surface area (Å²) >= 11 is 0. The summed E-state index contributed by atoms with van der Waals surface area (Å²) < 4.78 is 16.7. The van der Waals surface area contributed by atoms with Crippen molar-refractivity contribution in [1.29, 1.82) is 0 Å². The van der Waals surface area contributed by atoms with Gasteiger partial charge in [-0.25, -0.2) is 9.37 Å². The van der Waals surface area contributed by atoms with Gasteiger partial charge < -0.3 is 0 Å². The second kappa shape index (κ2) is 12.7. The van der Waals surface area contributed by atoms with E-state index < -0.39 is 8.07 Å². The van der Waals surface area contributed by atoms with Gasteiger partial charge in [-0.3, -0.25) is 4.57 Å². The second-order valence-corrected chi connectivity index (χ2v) is 16.4. The Morgan fingerprint density at radius 3 is 1.33 bits per heavy atom. The molecule has 7 aromatic carbocycles. The van der Waals surface area contributed by atoms with Crippen LogP contribution in [0.1, 0.15) is 0 Å². The molecule has 0 N–H and O–H groups in total. The lowest BCUT2D eigenvalue weighted by atomic mass is 10.2. The van der Waals surface area contributed by atoms with Gasteiger partial charge in [-0.1, -0.05) is 164 Å². The quantitative estimate of drug-likeness (QED) is 0.128. The number of fused-ring (bicyclic) bond motifs is 3. The first-order chi connectivity index (χ1) is 25.2. The fourth-order valence-electron chi connectivity index (χ4n) is 7.44. The Bertz CT molecular complexity index is 2510. The van der Waals surface area contributed by atoms with Crippen LogP contribution in [-0.2, 0) is 0 Å². The van der Waals surface area contributed by atoms with Crippen LogP contribution in [0.15, 0.2) is 188 Å². The Kier molecular flexibility index (Phi) is 7.64. The number of nitrogens with zero attached hydrogens (tertiary/aromatic N) is 4. The van der Waals surface area contributed by atoms with Crippen LogP contribution in [0.25, 0.3) is 50.5 Å². The summed E-state index contributed by atoms with van der Waals surface area (Å²) in [6, 6.07) is 64.2. The van der Waals surface area contributed by atoms with Crippen molar-refractivity contribution >= 4 is 50.6 Å². The fourth-order valence-corrected chi connectivity index (χ4v) is 12.2. The highest BCUT2D eigenvalue weighted by molar-refractivity contribution is 7.19. The Labute approximate surface area is 296 Å². The molecule has 0 spiro atoms. The third-order valence-corrected chi connectivity index (χ3v) is 14.4. The molecular weight excluding hydrogens is 644 g/mol. The monoisotopic (exact) mass is 674 g/mol. The molecule has 0 fully saturated rings. The Balaban J connectivity index is 1.32. The number of benzene rings is 7. The molecule has 0 atom stereocenters. The van der Waals surface area contributed by atoms with E-state index in [0.29, 0.717) is 23.2 Å². The molecule has 2 aromatic heterocycles. The van der Waals surface area contributed by atoms with Crippen LogP contribution in [0.4, 0.5) is 4.39 Å². The van der Waals surface area contributed by atoms with Crippen LogP contribution < -0.4 is 20.7 Å². The molecule has 9 rings (SSSR count). The molecule has 0 saturated carbocycles. The molecule has 0 aliphatic carbocycles. The highest BCUT2D eigenvalue weighted by Gasteiger charge is 2.41. The first-order valence-electron chi connectivity index (χ1n) is 17.0. The molecule has 0 aliphatic rings. The molecule has 51 heavy (non-hydrogen) atoms. The first kappa shape index (κ1) is 30.5. The summed E-state index contributed by atoms with van der Waals surface area (Å²) in [6.07, 6.45) is 0. The average molecular weight is 675 g/mol. The van der Waals surface area contributed by atoms with E-state index in [1.165, 1.54) is 32.9 Å². The molecular formula is C45H31FN4Si. The van der Waals surface area contributed by atoms with E-state index in [2.05, 4.69) is 144 Å². The van der Waals surface area contributed by atoms with E-state index in [9.17, 15) is 4.39 Å². The van der Waals surface area contributed by atoms with Crippen LogP contribution in [0.3, 0.4) is 0 Å². The van der Waals surface area contributed by atoms with Crippen LogP contribution in [-0.4, -0.2) is 27.6 Å². The van der Waals surface area contributed by atoms with E-state index in [4.69, 9.17) is 15.0 Å². The van der Waals surface area contributed by atoms with E-state index >= 15 is 0 Å². The molecule has 0 amide bonds. The molecule has 0 bridgehead atoms. The average Bonchev–Trinajstić information content (AvgIpc) is 3.54. The van der Waals surface area contributed by atoms with Gasteiger partial charge in [0.1, 0.15) is 5.82 Å². The number of halogens is 1. The summed E-state index contributed by atoms with van der Waals surface area (Å²) in [5.41, 5.74) is 3.41. The maximum absolute atomic E-state index is 14.7. The third-order valence-electron chi connectivity index (χ3n) is 9.66. The van der Waals surface area contributed by atoms with Gasteiger partial charge in [-0.05, 0) is 45.0 Å². The van der Waals surface area contributed by atoms with E-state index in [1.54, 1.807) is 6.07 Å². The smallest absolute Gasteiger partial charge is 0.238 e. The molecule has 2 heterocycles. The van der Waals surface area contributed by atoms with Gasteiger partial charge >= 0.3 is 0 Å². The van der Waals surface area contributed by atoms with Gasteiger partial charge in [0.2, 0.25) is 5.95 Å². The number of aromatic nitrogens is 4. The minimum atomic E-state index is -2.81. The summed E-state index contributed by atoms with van der Waals surface area (Å²) in [4.78, 5) is 15.2. The van der Waals surface area contributed by atoms with Crippen LogP contribution in [0.2, 0.25) is 0 Å². The molecule has 0 aliphatic heterocycles. The lowest BCUT2D eigenvalue weighted by Gasteiger charge is -2.34. The molecule has 4 nitrogen and oxygen atoms in total. The number of hydrogen-bond donors (Lipinski definition) is 0. The van der Waals surface area contributed by atoms with Crippen molar-refractivity contribution in [3.8, 4) is 28.7 Å². The standard InChI is InChI=1S/C45H31FN4Si/c46-34-18-14-16-32(30-34)43-47-44(49-45(48-43)50-41-28-12-10-26-39(41)40-27-11-13-29-42(40)50)33-17-15-25-38(31-33)51(35-19-4-1-5-20-35,36-21-6-2-7-22-36)37-23-8-3-9-24-37/h1-31H. The van der Waals surface area contributed by atoms with Crippen LogP contribution in [0, 0.1) is 5.82 Å². The predicted octanol–water partition coefficient (Wildman–Crippen LogP) is 7.82. The number of rotatable bonds is 7. The molecule has 0 radical (unpaired) electrons. The van der Waals surface area contributed by atoms with Crippen molar-refractivity contribution in [3.05, 3.63) is 194 Å². The lowest BCUT2D eigenvalue weighted by molar-refractivity contribution is 0.628. The van der Waals surface area contributed by atoms with Gasteiger partial charge in [0.25, 0.3) is 0 Å². The Morgan fingerprint density at radius 2 is 0.824 bits per heavy atom. The maximum Gasteiger partial charge on any atom is 0.238 e. The zero-order chi connectivity index (χ0) is 34.2. The summed E-state index contributed by atoms with van der Waals surface area (Å²) in [5, 5.41) is 7.25. The molecule has 0 saturated heterocycles. The summed E-state index contributed by atoms with van der Waals surface area (Å²) in [7, 11) is -2.81. The van der Waals surface area contributed by atoms with Crippen molar-refractivity contribution in [2.24, 2.45) is 0 Å². The van der Waals surface area contributed by atoms with Gasteiger partial charge in [0.05, 0.1) is 11.0 Å². The molecule has 6 heteroatoms.